The van der Waals surface area contributed by atoms with Crippen LogP contribution in [0.2, 0.25) is 10.0 Å². The molecule has 0 atom stereocenters. The topological polar surface area (TPSA) is 152 Å². The lowest BCUT2D eigenvalue weighted by molar-refractivity contribution is 0.0981. The Kier molecular flexibility index (Phi) is 6.96. The first-order valence-electron chi connectivity index (χ1n) is 9.16. The Morgan fingerprint density at radius 1 is 1.06 bits per heavy atom. The van der Waals surface area contributed by atoms with Crippen LogP contribution < -0.4 is 9.86 Å². The van der Waals surface area contributed by atoms with E-state index in [1.165, 1.54) is 30.3 Å². The van der Waals surface area contributed by atoms with Gasteiger partial charge in [-0.1, -0.05) is 48.7 Å². The molecule has 13 heteroatoms. The van der Waals surface area contributed by atoms with Crippen molar-refractivity contribution < 1.29 is 21.6 Å². The summed E-state index contributed by atoms with van der Waals surface area (Å²) in [7, 11) is -8.96. The Bertz CT molecular complexity index is 1380. The van der Waals surface area contributed by atoms with Gasteiger partial charge >= 0.3 is 0 Å². The van der Waals surface area contributed by atoms with Crippen molar-refractivity contribution >= 4 is 49.2 Å². The van der Waals surface area contributed by atoms with Crippen molar-refractivity contribution in [2.45, 2.75) is 29.6 Å². The number of carbonyl (C=O) groups is 1. The van der Waals surface area contributed by atoms with E-state index in [0.717, 1.165) is 12.1 Å². The van der Waals surface area contributed by atoms with Crippen LogP contribution in [-0.2, 0) is 26.5 Å². The van der Waals surface area contributed by atoms with Crippen LogP contribution in [0.4, 0.5) is 0 Å². The molecule has 32 heavy (non-hydrogen) atoms. The van der Waals surface area contributed by atoms with Gasteiger partial charge in [-0.05, 0) is 36.8 Å². The Morgan fingerprint density at radius 3 is 2.22 bits per heavy atom. The largest absolute Gasteiger partial charge is 0.281 e. The van der Waals surface area contributed by atoms with E-state index in [1.54, 1.807) is 0 Å². The van der Waals surface area contributed by atoms with Gasteiger partial charge in [-0.25, -0.2) is 26.7 Å². The molecular weight excluding hydrogens is 499 g/mol. The number of halogens is 2. The van der Waals surface area contributed by atoms with E-state index in [4.69, 9.17) is 28.3 Å². The normalized spacial score (nSPS) is 12.0. The maximum Gasteiger partial charge on any atom is 0.269 e. The molecule has 0 bridgehead atoms. The minimum Gasteiger partial charge on any atom is -0.281 e. The number of H-pyrrole nitrogens is 1. The number of aromatic nitrogens is 2. The molecule has 0 saturated carbocycles. The number of rotatable bonds is 7. The van der Waals surface area contributed by atoms with Crippen LogP contribution in [0.5, 0.6) is 0 Å². The molecule has 0 fully saturated rings. The molecule has 9 nitrogen and oxygen atoms in total. The summed E-state index contributed by atoms with van der Waals surface area (Å²) in [5, 5.41) is 12.6. The number of aromatic amines is 1. The van der Waals surface area contributed by atoms with E-state index in [1.807, 2.05) is 11.6 Å². The van der Waals surface area contributed by atoms with Crippen LogP contribution >= 0.6 is 23.2 Å². The zero-order valence-electron chi connectivity index (χ0n) is 16.6. The van der Waals surface area contributed by atoms with Gasteiger partial charge in [0, 0.05) is 21.3 Å². The van der Waals surface area contributed by atoms with Crippen LogP contribution in [0.25, 0.3) is 11.3 Å². The van der Waals surface area contributed by atoms with Crippen LogP contribution in [0.15, 0.2) is 52.3 Å². The molecular formula is C19H18Cl2N4O5S2. The van der Waals surface area contributed by atoms with Crippen molar-refractivity contribution in [3.8, 4) is 11.3 Å². The Balaban J connectivity index is 2.10. The van der Waals surface area contributed by atoms with Gasteiger partial charge in [-0.3, -0.25) is 9.89 Å². The van der Waals surface area contributed by atoms with Gasteiger partial charge in [0.2, 0.25) is 10.0 Å². The fraction of sp³-hybridized carbons (Fsp3) is 0.158. The van der Waals surface area contributed by atoms with Crippen molar-refractivity contribution in [2.75, 3.05) is 0 Å². The van der Waals surface area contributed by atoms with E-state index in [9.17, 15) is 21.6 Å². The zero-order chi connectivity index (χ0) is 23.7. The molecule has 0 aliphatic carbocycles. The van der Waals surface area contributed by atoms with Gasteiger partial charge in [0.1, 0.15) is 15.5 Å². The van der Waals surface area contributed by atoms with E-state index in [-0.39, 0.29) is 11.3 Å². The smallest absolute Gasteiger partial charge is 0.269 e. The van der Waals surface area contributed by atoms with E-state index >= 15 is 0 Å². The summed E-state index contributed by atoms with van der Waals surface area (Å²) in [5.74, 6) is -1.00. The number of carbonyl (C=O) groups excluding carboxylic acids is 1. The number of aryl methyl sites for hydroxylation is 1. The van der Waals surface area contributed by atoms with Crippen LogP contribution in [0.1, 0.15) is 29.4 Å². The molecule has 4 N–H and O–H groups in total. The third-order valence-electron chi connectivity index (χ3n) is 4.38. The van der Waals surface area contributed by atoms with Crippen molar-refractivity contribution in [1.29, 1.82) is 0 Å². The second kappa shape index (κ2) is 9.20. The second-order valence-corrected chi connectivity index (χ2v) is 10.8. The van der Waals surface area contributed by atoms with Crippen LogP contribution in [-0.4, -0.2) is 32.9 Å². The van der Waals surface area contributed by atoms with Crippen molar-refractivity contribution in [3.05, 3.63) is 63.8 Å². The van der Waals surface area contributed by atoms with Gasteiger partial charge in [0.25, 0.3) is 15.9 Å². The fourth-order valence-electron chi connectivity index (χ4n) is 3.09. The van der Waals surface area contributed by atoms with Gasteiger partial charge in [0.05, 0.1) is 5.56 Å². The minimum atomic E-state index is -4.60. The summed E-state index contributed by atoms with van der Waals surface area (Å²) in [6.45, 7) is 1.87. The summed E-state index contributed by atoms with van der Waals surface area (Å²) >= 11 is 12.1. The number of nitrogens with two attached hydrogens (primary N) is 1. The van der Waals surface area contributed by atoms with Crippen molar-refractivity contribution in [2.24, 2.45) is 5.14 Å². The van der Waals surface area contributed by atoms with Crippen molar-refractivity contribution in [1.82, 2.24) is 14.9 Å². The first-order valence-corrected chi connectivity index (χ1v) is 12.9. The van der Waals surface area contributed by atoms with Crippen molar-refractivity contribution in [3.63, 3.8) is 0 Å². The lowest BCUT2D eigenvalue weighted by Gasteiger charge is -2.11. The maximum atomic E-state index is 13.1. The predicted molar refractivity (Wildman–Crippen MR) is 121 cm³/mol. The third kappa shape index (κ3) is 5.13. The highest BCUT2D eigenvalue weighted by Gasteiger charge is 2.29. The Hall–Kier alpha value is -2.44. The first-order chi connectivity index (χ1) is 14.9. The molecule has 0 aliphatic heterocycles. The highest BCUT2D eigenvalue weighted by atomic mass is 35.5. The lowest BCUT2D eigenvalue weighted by atomic mass is 10.0. The molecule has 0 spiro atoms. The summed E-state index contributed by atoms with van der Waals surface area (Å²) in [6.07, 6.45) is 1.04. The molecule has 2 aromatic carbocycles. The second-order valence-electron chi connectivity index (χ2n) is 6.76. The summed E-state index contributed by atoms with van der Waals surface area (Å²) < 4.78 is 51.4. The van der Waals surface area contributed by atoms with E-state index in [2.05, 4.69) is 10.2 Å². The molecule has 170 valence electrons. The first kappa shape index (κ1) is 24.2. The monoisotopic (exact) mass is 516 g/mol. The van der Waals surface area contributed by atoms with Crippen LogP contribution in [0, 0.1) is 0 Å². The number of amides is 1. The standard InChI is InChI=1S/C19H18Cl2N4O5S2/c1-2-5-14-17(18(24-23-14)11-8-12(20)10-13(21)9-11)19(26)25-32(29,30)16-7-4-3-6-15(16)31(22,27)28/h3-4,6-10H,2,5H2,1H3,(H,23,24)(H,25,26)(H2,22,27,28). The molecule has 3 aromatic rings. The van der Waals surface area contributed by atoms with Gasteiger partial charge < -0.3 is 0 Å². The SMILES string of the molecule is CCCc1[nH]nc(-c2cc(Cl)cc(Cl)c2)c1C(=O)NS(=O)(=O)c1ccccc1S(N)(=O)=O. The number of primary sulfonamides is 1. The molecule has 1 aromatic heterocycles. The quantitative estimate of drug-likeness (QED) is 0.438. The van der Waals surface area contributed by atoms with Crippen LogP contribution in [0.3, 0.4) is 0 Å². The fourth-order valence-corrected chi connectivity index (χ4v) is 5.96. The number of nitrogens with one attached hydrogen (secondary N) is 2. The number of hydrogen-bond donors (Lipinski definition) is 3. The van der Waals surface area contributed by atoms with E-state index < -0.39 is 35.7 Å². The molecule has 3 rings (SSSR count). The highest BCUT2D eigenvalue weighted by molar-refractivity contribution is 7.92. The van der Waals surface area contributed by atoms with Gasteiger partial charge in [0.15, 0.2) is 0 Å². The van der Waals surface area contributed by atoms with Gasteiger partial charge in [-0.2, -0.15) is 5.10 Å². The number of benzene rings is 2. The Labute approximate surface area is 195 Å². The average molecular weight is 517 g/mol. The molecule has 1 heterocycles. The van der Waals surface area contributed by atoms with E-state index in [0.29, 0.717) is 34.1 Å². The summed E-state index contributed by atoms with van der Waals surface area (Å²) in [5.41, 5.74) is 0.909. The number of nitrogens with zero attached hydrogens (tertiary/aromatic N) is 1. The minimum absolute atomic E-state index is 0.0261. The maximum absolute atomic E-state index is 13.1. The lowest BCUT2D eigenvalue weighted by Crippen LogP contribution is -2.32. The number of sulfonamides is 2. The summed E-state index contributed by atoms with van der Waals surface area (Å²) in [6, 6.07) is 9.26. The number of hydrogen-bond acceptors (Lipinski definition) is 6. The van der Waals surface area contributed by atoms with Gasteiger partial charge in [-0.15, -0.1) is 0 Å². The average Bonchev–Trinajstić information content (AvgIpc) is 3.10. The molecule has 0 radical (unpaired) electrons. The molecule has 1 amide bonds. The predicted octanol–water partition coefficient (Wildman–Crippen LogP) is 3.10. The molecule has 0 saturated heterocycles. The molecule has 0 unspecified atom stereocenters. The summed E-state index contributed by atoms with van der Waals surface area (Å²) in [4.78, 5) is 11.8. The Morgan fingerprint density at radius 2 is 1.66 bits per heavy atom. The highest BCUT2D eigenvalue weighted by Crippen LogP contribution is 2.30. The molecule has 0 aliphatic rings. The third-order valence-corrected chi connectivity index (χ3v) is 7.30. The zero-order valence-corrected chi connectivity index (χ0v) is 19.7.